The van der Waals surface area contributed by atoms with Crippen molar-refractivity contribution in [2.75, 3.05) is 32.1 Å². The number of methoxy groups -OCH3 is 1. The first-order chi connectivity index (χ1) is 9.78. The van der Waals surface area contributed by atoms with Gasteiger partial charge >= 0.3 is 0 Å². The molecule has 1 aromatic carbocycles. The maximum absolute atomic E-state index is 12.5. The molecular formula is C16H22N2O2. The first-order valence-corrected chi connectivity index (χ1v) is 7.41. The van der Waals surface area contributed by atoms with Crippen LogP contribution in [0.1, 0.15) is 30.7 Å². The quantitative estimate of drug-likeness (QED) is 0.919. The number of hydrogen-bond acceptors (Lipinski definition) is 3. The van der Waals surface area contributed by atoms with E-state index in [-0.39, 0.29) is 12.0 Å². The van der Waals surface area contributed by atoms with Crippen LogP contribution in [0.5, 0.6) is 0 Å². The summed E-state index contributed by atoms with van der Waals surface area (Å²) in [6.07, 6.45) is 2.92. The number of fused-ring (bicyclic) bond motifs is 1. The second-order valence-electron chi connectivity index (χ2n) is 5.71. The highest BCUT2D eigenvalue weighted by Gasteiger charge is 2.28. The number of hydrogen-bond donors (Lipinski definition) is 1. The Morgan fingerprint density at radius 1 is 1.45 bits per heavy atom. The highest BCUT2D eigenvalue weighted by molar-refractivity contribution is 5.78. The SMILES string of the molecule is COC1CCCN(C(=O)CC2CNc3ccccc32)C1. The molecule has 0 aliphatic carbocycles. The van der Waals surface area contributed by atoms with Crippen LogP contribution >= 0.6 is 0 Å². The van der Waals surface area contributed by atoms with E-state index < -0.39 is 0 Å². The van der Waals surface area contributed by atoms with Gasteiger partial charge in [-0.25, -0.2) is 0 Å². The molecule has 2 aliphatic heterocycles. The molecule has 2 aliphatic rings. The van der Waals surface area contributed by atoms with E-state index in [0.717, 1.165) is 32.5 Å². The number of rotatable bonds is 3. The van der Waals surface area contributed by atoms with Crippen molar-refractivity contribution in [2.45, 2.75) is 31.3 Å². The molecule has 4 nitrogen and oxygen atoms in total. The van der Waals surface area contributed by atoms with Crippen LogP contribution in [0.2, 0.25) is 0 Å². The van der Waals surface area contributed by atoms with E-state index in [4.69, 9.17) is 4.74 Å². The van der Waals surface area contributed by atoms with Crippen molar-refractivity contribution in [1.82, 2.24) is 4.90 Å². The summed E-state index contributed by atoms with van der Waals surface area (Å²) in [6.45, 7) is 2.49. The molecule has 0 aromatic heterocycles. The van der Waals surface area contributed by atoms with Crippen molar-refractivity contribution in [1.29, 1.82) is 0 Å². The number of amides is 1. The van der Waals surface area contributed by atoms with E-state index in [0.29, 0.717) is 12.3 Å². The standard InChI is InChI=1S/C16H22N2O2/c1-20-13-5-4-8-18(11-13)16(19)9-12-10-17-15-7-3-2-6-14(12)15/h2-3,6-7,12-13,17H,4-5,8-11H2,1H3. The minimum absolute atomic E-state index is 0.210. The zero-order valence-electron chi connectivity index (χ0n) is 12.0. The van der Waals surface area contributed by atoms with E-state index in [2.05, 4.69) is 17.4 Å². The molecule has 2 heterocycles. The molecule has 4 heteroatoms. The van der Waals surface area contributed by atoms with E-state index in [1.54, 1.807) is 7.11 Å². The van der Waals surface area contributed by atoms with Crippen molar-refractivity contribution in [3.63, 3.8) is 0 Å². The Kier molecular flexibility index (Phi) is 3.92. The van der Waals surface area contributed by atoms with Crippen LogP contribution in [0.25, 0.3) is 0 Å². The number of carbonyl (C=O) groups excluding carboxylic acids is 1. The monoisotopic (exact) mass is 274 g/mol. The van der Waals surface area contributed by atoms with Crippen molar-refractivity contribution < 1.29 is 9.53 Å². The number of nitrogens with one attached hydrogen (secondary N) is 1. The van der Waals surface area contributed by atoms with Crippen molar-refractivity contribution in [3.8, 4) is 0 Å². The molecule has 0 bridgehead atoms. The average molecular weight is 274 g/mol. The van der Waals surface area contributed by atoms with E-state index >= 15 is 0 Å². The summed E-state index contributed by atoms with van der Waals surface area (Å²) >= 11 is 0. The summed E-state index contributed by atoms with van der Waals surface area (Å²) in [5.41, 5.74) is 2.46. The number of piperidine rings is 1. The second kappa shape index (κ2) is 5.83. The topological polar surface area (TPSA) is 41.6 Å². The van der Waals surface area contributed by atoms with Crippen LogP contribution in [-0.2, 0) is 9.53 Å². The predicted octanol–water partition coefficient (Wildman–Crippen LogP) is 2.22. The van der Waals surface area contributed by atoms with Crippen LogP contribution in [0.4, 0.5) is 5.69 Å². The highest BCUT2D eigenvalue weighted by Crippen LogP contribution is 2.33. The van der Waals surface area contributed by atoms with E-state index in [9.17, 15) is 4.79 Å². The summed E-state index contributed by atoms with van der Waals surface area (Å²) in [7, 11) is 1.73. The zero-order chi connectivity index (χ0) is 13.9. The van der Waals surface area contributed by atoms with Gasteiger partial charge in [-0.15, -0.1) is 0 Å². The van der Waals surface area contributed by atoms with Gasteiger partial charge in [0.2, 0.25) is 5.91 Å². The van der Waals surface area contributed by atoms with Crippen LogP contribution in [0.3, 0.4) is 0 Å². The number of benzene rings is 1. The van der Waals surface area contributed by atoms with Crippen LogP contribution in [0.15, 0.2) is 24.3 Å². The first-order valence-electron chi connectivity index (χ1n) is 7.41. The van der Waals surface area contributed by atoms with Crippen molar-refractivity contribution in [3.05, 3.63) is 29.8 Å². The molecule has 0 radical (unpaired) electrons. The van der Waals surface area contributed by atoms with Gasteiger partial charge in [0.15, 0.2) is 0 Å². The first kappa shape index (κ1) is 13.4. The van der Waals surface area contributed by atoms with Crippen LogP contribution in [0, 0.1) is 0 Å². The lowest BCUT2D eigenvalue weighted by Crippen LogP contribution is -2.43. The average Bonchev–Trinajstić information content (AvgIpc) is 2.90. The molecule has 0 spiro atoms. The van der Waals surface area contributed by atoms with Gasteiger partial charge in [0.25, 0.3) is 0 Å². The third kappa shape index (κ3) is 2.66. The molecule has 1 amide bonds. The molecule has 20 heavy (non-hydrogen) atoms. The molecule has 1 N–H and O–H groups in total. The number of likely N-dealkylation sites (tertiary alicyclic amines) is 1. The molecule has 1 fully saturated rings. The van der Waals surface area contributed by atoms with Gasteiger partial charge in [0.1, 0.15) is 0 Å². The lowest BCUT2D eigenvalue weighted by molar-refractivity contribution is -0.135. The summed E-state index contributed by atoms with van der Waals surface area (Å²) in [6, 6.07) is 8.29. The largest absolute Gasteiger partial charge is 0.384 e. The smallest absolute Gasteiger partial charge is 0.223 e. The Morgan fingerprint density at radius 2 is 2.30 bits per heavy atom. The molecule has 2 unspecified atom stereocenters. The summed E-state index contributed by atoms with van der Waals surface area (Å²) in [5.74, 6) is 0.567. The normalized spacial score (nSPS) is 25.1. The third-order valence-corrected chi connectivity index (χ3v) is 4.42. The second-order valence-corrected chi connectivity index (χ2v) is 5.71. The maximum Gasteiger partial charge on any atom is 0.223 e. The minimum Gasteiger partial charge on any atom is -0.384 e. The van der Waals surface area contributed by atoms with Crippen molar-refractivity contribution in [2.24, 2.45) is 0 Å². The Bertz CT molecular complexity index is 489. The Morgan fingerprint density at radius 3 is 3.15 bits per heavy atom. The highest BCUT2D eigenvalue weighted by atomic mass is 16.5. The van der Waals surface area contributed by atoms with Gasteiger partial charge in [-0.2, -0.15) is 0 Å². The fourth-order valence-corrected chi connectivity index (χ4v) is 3.24. The van der Waals surface area contributed by atoms with Crippen molar-refractivity contribution >= 4 is 11.6 Å². The molecule has 2 atom stereocenters. The number of ether oxygens (including phenoxy) is 1. The fraction of sp³-hybridized carbons (Fsp3) is 0.562. The Balaban J connectivity index is 1.62. The van der Waals surface area contributed by atoms with Gasteiger partial charge in [-0.3, -0.25) is 4.79 Å². The predicted molar refractivity (Wildman–Crippen MR) is 78.9 cm³/mol. The van der Waals surface area contributed by atoms with Gasteiger partial charge in [-0.05, 0) is 24.5 Å². The number of carbonyl (C=O) groups is 1. The third-order valence-electron chi connectivity index (χ3n) is 4.42. The van der Waals surface area contributed by atoms with Gasteiger partial charge in [0.05, 0.1) is 6.10 Å². The molecule has 1 saturated heterocycles. The van der Waals surface area contributed by atoms with Crippen LogP contribution in [-0.4, -0.2) is 43.7 Å². The fourth-order valence-electron chi connectivity index (χ4n) is 3.24. The summed E-state index contributed by atoms with van der Waals surface area (Å²) in [4.78, 5) is 14.4. The van der Waals surface area contributed by atoms with Crippen LogP contribution < -0.4 is 5.32 Å². The molecule has 108 valence electrons. The van der Waals surface area contributed by atoms with E-state index in [1.807, 2.05) is 17.0 Å². The number of anilines is 1. The molecule has 1 aromatic rings. The molecular weight excluding hydrogens is 252 g/mol. The molecule has 0 saturated carbocycles. The van der Waals surface area contributed by atoms with E-state index in [1.165, 1.54) is 11.3 Å². The molecule has 3 rings (SSSR count). The summed E-state index contributed by atoms with van der Waals surface area (Å²) in [5, 5.41) is 3.38. The Hall–Kier alpha value is -1.55. The lowest BCUT2D eigenvalue weighted by atomic mass is 9.96. The zero-order valence-corrected chi connectivity index (χ0v) is 12.0. The van der Waals surface area contributed by atoms with Gasteiger partial charge in [-0.1, -0.05) is 18.2 Å². The lowest BCUT2D eigenvalue weighted by Gasteiger charge is -2.32. The minimum atomic E-state index is 0.210. The maximum atomic E-state index is 12.5. The van der Waals surface area contributed by atoms with Gasteiger partial charge < -0.3 is 15.0 Å². The number of para-hydroxylation sites is 1. The van der Waals surface area contributed by atoms with Gasteiger partial charge in [0, 0.05) is 44.8 Å². The summed E-state index contributed by atoms with van der Waals surface area (Å²) < 4.78 is 5.39. The number of nitrogens with zero attached hydrogens (tertiary/aromatic N) is 1. The Labute approximate surface area is 120 Å².